The number of carbonyl (C=O) groups excluding carboxylic acids is 1. The summed E-state index contributed by atoms with van der Waals surface area (Å²) in [6, 6.07) is 11.9. The minimum Gasteiger partial charge on any atom is -0.294 e. The second-order valence-electron chi connectivity index (χ2n) is 4.21. The molecule has 0 radical (unpaired) electrons. The molecular weight excluding hydrogens is 295 g/mol. The molecule has 0 fully saturated rings. The summed E-state index contributed by atoms with van der Waals surface area (Å²) in [6.07, 6.45) is 0.280. The molecular formula is C15H12BrFO. The van der Waals surface area contributed by atoms with E-state index in [0.29, 0.717) is 10.0 Å². The van der Waals surface area contributed by atoms with Crippen molar-refractivity contribution in [2.24, 2.45) is 0 Å². The molecule has 2 aromatic rings. The Hall–Kier alpha value is -1.48. The van der Waals surface area contributed by atoms with Gasteiger partial charge in [0.15, 0.2) is 5.78 Å². The third-order valence-electron chi connectivity index (χ3n) is 2.71. The SMILES string of the molecule is Cc1ccc(CC(=O)c2cc(F)ccc2Br)cc1. The van der Waals surface area contributed by atoms with Gasteiger partial charge in [0.1, 0.15) is 5.82 Å². The Labute approximate surface area is 114 Å². The lowest BCUT2D eigenvalue weighted by atomic mass is 10.0. The summed E-state index contributed by atoms with van der Waals surface area (Å²) >= 11 is 3.27. The van der Waals surface area contributed by atoms with Crippen molar-refractivity contribution in [1.82, 2.24) is 0 Å². The van der Waals surface area contributed by atoms with E-state index in [1.54, 1.807) is 6.07 Å². The van der Waals surface area contributed by atoms with Gasteiger partial charge in [0.2, 0.25) is 0 Å². The average molecular weight is 307 g/mol. The number of hydrogen-bond donors (Lipinski definition) is 0. The molecule has 92 valence electrons. The lowest BCUT2D eigenvalue weighted by Gasteiger charge is -2.04. The van der Waals surface area contributed by atoms with Gasteiger partial charge in [0.05, 0.1) is 0 Å². The number of rotatable bonds is 3. The van der Waals surface area contributed by atoms with Crippen molar-refractivity contribution in [3.63, 3.8) is 0 Å². The minimum absolute atomic E-state index is 0.0924. The third-order valence-corrected chi connectivity index (χ3v) is 3.41. The van der Waals surface area contributed by atoms with Crippen molar-refractivity contribution in [3.05, 3.63) is 69.4 Å². The predicted molar refractivity (Wildman–Crippen MR) is 73.3 cm³/mol. The lowest BCUT2D eigenvalue weighted by molar-refractivity contribution is 0.0992. The van der Waals surface area contributed by atoms with E-state index in [0.717, 1.165) is 11.1 Å². The number of hydrogen-bond acceptors (Lipinski definition) is 1. The molecule has 0 aliphatic carbocycles. The Morgan fingerprint density at radius 2 is 1.83 bits per heavy atom. The molecule has 0 atom stereocenters. The molecule has 0 spiro atoms. The number of ketones is 1. The number of aryl methyl sites for hydroxylation is 1. The van der Waals surface area contributed by atoms with Crippen LogP contribution in [0.15, 0.2) is 46.9 Å². The zero-order valence-electron chi connectivity index (χ0n) is 9.91. The molecule has 0 bridgehead atoms. The van der Waals surface area contributed by atoms with E-state index < -0.39 is 5.82 Å². The number of halogens is 2. The molecule has 0 heterocycles. The van der Waals surface area contributed by atoms with Gasteiger partial charge < -0.3 is 0 Å². The first-order valence-corrected chi connectivity index (χ1v) is 6.39. The van der Waals surface area contributed by atoms with Crippen LogP contribution < -0.4 is 0 Å². The molecule has 0 amide bonds. The van der Waals surface area contributed by atoms with Crippen LogP contribution in [0, 0.1) is 12.7 Å². The summed E-state index contributed by atoms with van der Waals surface area (Å²) in [5, 5.41) is 0. The van der Waals surface area contributed by atoms with E-state index in [1.807, 2.05) is 31.2 Å². The molecule has 3 heteroatoms. The van der Waals surface area contributed by atoms with Crippen LogP contribution in [0.2, 0.25) is 0 Å². The number of Topliss-reactive ketones (excluding diaryl/α,β-unsaturated/α-hetero) is 1. The highest BCUT2D eigenvalue weighted by molar-refractivity contribution is 9.10. The topological polar surface area (TPSA) is 17.1 Å². The van der Waals surface area contributed by atoms with Gasteiger partial charge in [-0.25, -0.2) is 4.39 Å². The molecule has 18 heavy (non-hydrogen) atoms. The summed E-state index contributed by atoms with van der Waals surface area (Å²) in [7, 11) is 0. The minimum atomic E-state index is -0.398. The van der Waals surface area contributed by atoms with E-state index in [1.165, 1.54) is 12.1 Å². The summed E-state index contributed by atoms with van der Waals surface area (Å²) < 4.78 is 13.8. The fourth-order valence-corrected chi connectivity index (χ4v) is 2.17. The Morgan fingerprint density at radius 3 is 2.50 bits per heavy atom. The van der Waals surface area contributed by atoms with Crippen LogP contribution in [0.25, 0.3) is 0 Å². The van der Waals surface area contributed by atoms with Crippen molar-refractivity contribution < 1.29 is 9.18 Å². The van der Waals surface area contributed by atoms with Crippen LogP contribution >= 0.6 is 15.9 Å². The molecule has 0 saturated carbocycles. The first-order valence-electron chi connectivity index (χ1n) is 5.60. The highest BCUT2D eigenvalue weighted by Crippen LogP contribution is 2.20. The zero-order chi connectivity index (χ0) is 13.1. The van der Waals surface area contributed by atoms with E-state index in [-0.39, 0.29) is 12.2 Å². The summed E-state index contributed by atoms with van der Waals surface area (Å²) in [5.41, 5.74) is 2.47. The molecule has 0 aliphatic heterocycles. The maximum Gasteiger partial charge on any atom is 0.168 e. The van der Waals surface area contributed by atoms with E-state index in [4.69, 9.17) is 0 Å². The monoisotopic (exact) mass is 306 g/mol. The normalized spacial score (nSPS) is 10.4. The molecule has 0 saturated heterocycles. The molecule has 0 unspecified atom stereocenters. The summed E-state index contributed by atoms with van der Waals surface area (Å²) in [4.78, 5) is 12.1. The third kappa shape index (κ3) is 3.05. The highest BCUT2D eigenvalue weighted by atomic mass is 79.9. The highest BCUT2D eigenvalue weighted by Gasteiger charge is 2.11. The van der Waals surface area contributed by atoms with Gasteiger partial charge in [0.25, 0.3) is 0 Å². The van der Waals surface area contributed by atoms with Crippen molar-refractivity contribution >= 4 is 21.7 Å². The second-order valence-corrected chi connectivity index (χ2v) is 5.06. The van der Waals surface area contributed by atoms with Gasteiger partial charge in [-0.05, 0) is 30.7 Å². The fourth-order valence-electron chi connectivity index (χ4n) is 1.70. The Morgan fingerprint density at radius 1 is 1.17 bits per heavy atom. The Bertz CT molecular complexity index is 576. The van der Waals surface area contributed by atoms with Gasteiger partial charge in [-0.15, -0.1) is 0 Å². The van der Waals surface area contributed by atoms with Crippen LogP contribution in [-0.4, -0.2) is 5.78 Å². The van der Waals surface area contributed by atoms with E-state index >= 15 is 0 Å². The molecule has 0 aromatic heterocycles. The molecule has 1 nitrogen and oxygen atoms in total. The Balaban J connectivity index is 2.21. The maximum atomic E-state index is 13.1. The summed E-state index contributed by atoms with van der Waals surface area (Å²) in [6.45, 7) is 1.99. The fraction of sp³-hybridized carbons (Fsp3) is 0.133. The zero-order valence-corrected chi connectivity index (χ0v) is 11.5. The number of benzene rings is 2. The van der Waals surface area contributed by atoms with Crippen LogP contribution in [-0.2, 0) is 6.42 Å². The first-order chi connectivity index (χ1) is 8.56. The molecule has 2 aromatic carbocycles. The van der Waals surface area contributed by atoms with Gasteiger partial charge in [-0.1, -0.05) is 45.8 Å². The first kappa shape index (κ1) is 13.0. The quantitative estimate of drug-likeness (QED) is 0.772. The smallest absolute Gasteiger partial charge is 0.168 e. The van der Waals surface area contributed by atoms with Gasteiger partial charge >= 0.3 is 0 Å². The van der Waals surface area contributed by atoms with Crippen molar-refractivity contribution in [3.8, 4) is 0 Å². The lowest BCUT2D eigenvalue weighted by Crippen LogP contribution is -2.05. The van der Waals surface area contributed by atoms with Gasteiger partial charge in [-0.3, -0.25) is 4.79 Å². The molecule has 0 N–H and O–H groups in total. The van der Waals surface area contributed by atoms with Crippen LogP contribution in [0.1, 0.15) is 21.5 Å². The molecule has 2 rings (SSSR count). The predicted octanol–water partition coefficient (Wildman–Crippen LogP) is 4.32. The summed E-state index contributed by atoms with van der Waals surface area (Å²) in [5.74, 6) is -0.490. The van der Waals surface area contributed by atoms with E-state index in [2.05, 4.69) is 15.9 Å². The second kappa shape index (κ2) is 5.44. The van der Waals surface area contributed by atoms with Crippen LogP contribution in [0.3, 0.4) is 0 Å². The maximum absolute atomic E-state index is 13.1. The standard InChI is InChI=1S/C15H12BrFO/c1-10-2-4-11(5-3-10)8-15(18)13-9-12(17)6-7-14(13)16/h2-7,9H,8H2,1H3. The van der Waals surface area contributed by atoms with Crippen molar-refractivity contribution in [1.29, 1.82) is 0 Å². The van der Waals surface area contributed by atoms with Crippen LogP contribution in [0.4, 0.5) is 4.39 Å². The van der Waals surface area contributed by atoms with Crippen molar-refractivity contribution in [2.45, 2.75) is 13.3 Å². The molecule has 0 aliphatic rings. The average Bonchev–Trinajstić information content (AvgIpc) is 2.35. The van der Waals surface area contributed by atoms with Gasteiger partial charge in [-0.2, -0.15) is 0 Å². The van der Waals surface area contributed by atoms with Crippen molar-refractivity contribution in [2.75, 3.05) is 0 Å². The number of carbonyl (C=O) groups is 1. The van der Waals surface area contributed by atoms with Gasteiger partial charge in [0, 0.05) is 16.5 Å². The van der Waals surface area contributed by atoms with E-state index in [9.17, 15) is 9.18 Å². The van der Waals surface area contributed by atoms with Crippen LogP contribution in [0.5, 0.6) is 0 Å². The largest absolute Gasteiger partial charge is 0.294 e. The Kier molecular flexibility index (Phi) is 3.92.